The van der Waals surface area contributed by atoms with Crippen LogP contribution in [-0.4, -0.2) is 74.4 Å². The van der Waals surface area contributed by atoms with E-state index in [-0.39, 0.29) is 60.4 Å². The smallest absolute Gasteiger partial charge is 0.414 e. The SMILES string of the molecule is [Au+3].[C-]#Cc1nc2c(=O)[nH]c(N)nc2n1[C@@H]1O[C@H](CO[Si](C)(C)C(C)(C)C)[C@@H](O[Si](C)(C)C(C)(C)C)[C@H]1O[Si](C)(C)C(C)(C)C.[c-]1ccccc1-c1cccc(-c2[c-]cccc2)n1. The molecule has 0 spiro atoms. The van der Waals surface area contributed by atoms with Crippen LogP contribution >= 0.6 is 0 Å². The first-order chi connectivity index (χ1) is 28.2. The van der Waals surface area contributed by atoms with Crippen LogP contribution in [0.5, 0.6) is 0 Å². The topological polar surface area (TPSA) is 139 Å². The summed E-state index contributed by atoms with van der Waals surface area (Å²) in [6, 6.07) is 28.1. The Kier molecular flexibility index (Phi) is 16.0. The molecule has 1 aliphatic rings. The number of hydrogen-bond donors (Lipinski definition) is 2. The largest absolute Gasteiger partial charge is 3.00 e. The summed E-state index contributed by atoms with van der Waals surface area (Å²) < 4.78 is 29.6. The van der Waals surface area contributed by atoms with Crippen molar-refractivity contribution in [2.24, 2.45) is 0 Å². The van der Waals surface area contributed by atoms with Crippen molar-refractivity contribution in [2.75, 3.05) is 12.3 Å². The number of imidazole rings is 1. The zero-order valence-electron chi connectivity index (χ0n) is 39.1. The van der Waals surface area contributed by atoms with Crippen LogP contribution in [-0.2, 0) is 40.4 Å². The molecule has 0 unspecified atom stereocenters. The van der Waals surface area contributed by atoms with E-state index in [1.165, 1.54) is 0 Å². The third-order valence-corrected chi connectivity index (χ3v) is 26.3. The van der Waals surface area contributed by atoms with Crippen LogP contribution in [0.2, 0.25) is 54.4 Å². The van der Waals surface area contributed by atoms with Gasteiger partial charge in [0.2, 0.25) is 5.95 Å². The van der Waals surface area contributed by atoms with Gasteiger partial charge >= 0.3 is 22.4 Å². The predicted octanol–water partition coefficient (Wildman–Crippen LogP) is 10.4. The number of aromatic amines is 1. The predicted molar refractivity (Wildman–Crippen MR) is 253 cm³/mol. The number of pyridine rings is 1. The first-order valence-corrected chi connectivity index (χ1v) is 29.7. The van der Waals surface area contributed by atoms with Gasteiger partial charge in [-0.3, -0.25) is 15.7 Å². The first kappa shape index (κ1) is 51.2. The number of nitrogens with two attached hydrogens (primary N) is 1. The van der Waals surface area contributed by atoms with E-state index in [0.29, 0.717) is 6.61 Å². The summed E-state index contributed by atoms with van der Waals surface area (Å²) in [7, 11) is -6.92. The number of aromatic nitrogens is 5. The molecule has 0 saturated carbocycles. The van der Waals surface area contributed by atoms with Crippen LogP contribution in [0, 0.1) is 24.5 Å². The van der Waals surface area contributed by atoms with Gasteiger partial charge in [-0.05, 0) is 65.8 Å². The van der Waals surface area contributed by atoms with E-state index >= 15 is 0 Å². The Balaban J connectivity index is 0.000000367. The van der Waals surface area contributed by atoms with Gasteiger partial charge in [-0.25, -0.2) is 0 Å². The van der Waals surface area contributed by atoms with Crippen LogP contribution in [0.1, 0.15) is 74.4 Å². The Hall–Kier alpha value is -3.47. The molecule has 0 amide bonds. The van der Waals surface area contributed by atoms with E-state index in [1.54, 1.807) is 4.57 Å². The molecule has 1 fully saturated rings. The van der Waals surface area contributed by atoms with Gasteiger partial charge in [0.25, 0.3) is 5.56 Å². The second-order valence-electron chi connectivity index (χ2n) is 20.3. The average Bonchev–Trinajstić information content (AvgIpc) is 3.70. The Labute approximate surface area is 388 Å². The fourth-order valence-corrected chi connectivity index (χ4v) is 9.65. The number of benzene rings is 2. The van der Waals surface area contributed by atoms with Crippen molar-refractivity contribution in [1.82, 2.24) is 24.5 Å². The number of fused-ring (bicyclic) bond motifs is 1. The maximum Gasteiger partial charge on any atom is 3.00 e. The number of ether oxygens (including phenoxy) is 1. The number of nitrogens with one attached hydrogen (secondary N) is 1. The first-order valence-electron chi connectivity index (χ1n) is 20.9. The van der Waals surface area contributed by atoms with Gasteiger partial charge < -0.3 is 44.7 Å². The van der Waals surface area contributed by atoms with E-state index in [9.17, 15) is 4.79 Å². The molecule has 1 aliphatic heterocycles. The summed E-state index contributed by atoms with van der Waals surface area (Å²) >= 11 is 0. The molecule has 4 atom stereocenters. The molecular weight excluding hydrogens is 1010 g/mol. The fourth-order valence-electron chi connectivity index (χ4n) is 6.03. The molecule has 5 aromatic rings. The molecule has 0 radical (unpaired) electrons. The molecule has 62 heavy (non-hydrogen) atoms. The molecule has 4 heterocycles. The summed E-state index contributed by atoms with van der Waals surface area (Å²) in [6.45, 7) is 33.4. The minimum atomic E-state index is -2.41. The standard InChI is InChI=1S/C30H54N5O5Si3.C17H11N.Au/c1-17-20-32-21-24(33-27(31)34-25(21)36)35(20)26-23(40-43(15,16)30(8,9)10)22(39-42(13,14)29(5,6)7)19(38-26)18-37-41(11,12)28(2,3)4;1-3-8-14(9-4-1)16-12-7-13-17(18-16)15-10-5-2-6-11-15;/h19,22-23,26H,18H2,2-16H3,(H3,31,33,34,36);1-8,10,12-13H;/q-1;-2;+3/t19-,22-,23-,26-;;/m1../s1. The van der Waals surface area contributed by atoms with E-state index in [4.69, 9.17) is 30.2 Å². The van der Waals surface area contributed by atoms with Gasteiger partial charge in [-0.15, -0.1) is 71.8 Å². The summed E-state index contributed by atoms with van der Waals surface area (Å²) in [5.41, 5.74) is 9.64. The number of rotatable bonds is 10. The Morgan fingerprint density at radius 3 is 1.71 bits per heavy atom. The minimum absolute atomic E-state index is 0. The van der Waals surface area contributed by atoms with E-state index in [2.05, 4.69) is 140 Å². The second kappa shape index (κ2) is 19.3. The fraction of sp³-hybridized carbons (Fsp3) is 0.489. The maximum atomic E-state index is 12.8. The number of nitrogen functional groups attached to an aromatic ring is 1. The van der Waals surface area contributed by atoms with Crippen molar-refractivity contribution >= 4 is 42.1 Å². The number of H-pyrrole nitrogens is 1. The summed E-state index contributed by atoms with van der Waals surface area (Å²) in [5.74, 6) is 2.44. The van der Waals surface area contributed by atoms with Crippen molar-refractivity contribution in [3.8, 4) is 28.4 Å². The monoisotopic (exact) mass is 1070 g/mol. The molecule has 11 nitrogen and oxygen atoms in total. The van der Waals surface area contributed by atoms with Crippen molar-refractivity contribution in [2.45, 2.75) is 141 Å². The van der Waals surface area contributed by atoms with Gasteiger partial charge in [0.05, 0.1) is 6.61 Å². The number of hydrogen-bond acceptors (Lipinski definition) is 9. The van der Waals surface area contributed by atoms with E-state index in [0.717, 1.165) is 22.5 Å². The third kappa shape index (κ3) is 11.4. The molecule has 336 valence electrons. The number of nitrogens with zero attached hydrogens (tertiary/aromatic N) is 4. The maximum absolute atomic E-state index is 12.8. The molecule has 3 aromatic heterocycles. The van der Waals surface area contributed by atoms with Crippen molar-refractivity contribution < 1.29 is 40.4 Å². The molecule has 2 aromatic carbocycles. The zero-order valence-corrected chi connectivity index (χ0v) is 44.2. The molecule has 3 N–H and O–H groups in total. The Morgan fingerprint density at radius 2 is 1.26 bits per heavy atom. The van der Waals surface area contributed by atoms with Crippen LogP contribution in [0.3, 0.4) is 0 Å². The normalized spacial score (nSPS) is 18.7. The van der Waals surface area contributed by atoms with Crippen LogP contribution < -0.4 is 11.3 Å². The van der Waals surface area contributed by atoms with Crippen LogP contribution in [0.25, 0.3) is 33.7 Å². The Bertz CT molecular complexity index is 2320. The number of anilines is 1. The van der Waals surface area contributed by atoms with Gasteiger partial charge in [0.1, 0.15) is 18.3 Å². The molecule has 15 heteroatoms. The molecule has 0 aliphatic carbocycles. The Morgan fingerprint density at radius 1 is 0.758 bits per heavy atom. The van der Waals surface area contributed by atoms with Crippen molar-refractivity contribution in [3.63, 3.8) is 0 Å². The molecule has 0 bridgehead atoms. The van der Waals surface area contributed by atoms with Gasteiger partial charge in [0, 0.05) is 5.82 Å². The minimum Gasteiger partial charge on any atom is -0.414 e. The van der Waals surface area contributed by atoms with Crippen molar-refractivity contribution in [1.29, 1.82) is 0 Å². The summed E-state index contributed by atoms with van der Waals surface area (Å²) in [4.78, 5) is 28.8. The van der Waals surface area contributed by atoms with Gasteiger partial charge in [-0.1, -0.05) is 80.5 Å². The van der Waals surface area contributed by atoms with E-state index < -0.39 is 55.1 Å². The zero-order chi connectivity index (χ0) is 45.3. The quantitative estimate of drug-likeness (QED) is 0.0795. The molecular formula is C47H65AuN6O5Si3. The van der Waals surface area contributed by atoms with Gasteiger partial charge in [0.15, 0.2) is 42.3 Å². The van der Waals surface area contributed by atoms with Gasteiger partial charge in [-0.2, -0.15) is 4.98 Å². The van der Waals surface area contributed by atoms with Crippen LogP contribution in [0.4, 0.5) is 5.95 Å². The molecule has 6 rings (SSSR count). The van der Waals surface area contributed by atoms with Crippen molar-refractivity contribution in [3.05, 3.63) is 101 Å². The molecule has 1 saturated heterocycles. The summed E-state index contributed by atoms with van der Waals surface area (Å²) in [5, 5.41) is -0.179. The second-order valence-corrected chi connectivity index (χ2v) is 34.7. The average molecular weight is 1080 g/mol. The summed E-state index contributed by atoms with van der Waals surface area (Å²) in [6.07, 6.45) is 5.68. The third-order valence-electron chi connectivity index (χ3n) is 12.8. The van der Waals surface area contributed by atoms with Crippen LogP contribution in [0.15, 0.2) is 71.5 Å². The van der Waals surface area contributed by atoms with E-state index in [1.807, 2.05) is 66.7 Å².